The minimum absolute atomic E-state index is 0.173. The van der Waals surface area contributed by atoms with Gasteiger partial charge >= 0.3 is 0 Å². The average molecular weight is 453 g/mol. The van der Waals surface area contributed by atoms with Gasteiger partial charge in [-0.05, 0) is 36.8 Å². The lowest BCUT2D eigenvalue weighted by atomic mass is 9.88. The van der Waals surface area contributed by atoms with Crippen molar-refractivity contribution >= 4 is 33.1 Å². The van der Waals surface area contributed by atoms with E-state index in [0.29, 0.717) is 11.3 Å². The molecule has 0 spiro atoms. The zero-order valence-corrected chi connectivity index (χ0v) is 18.7. The molecule has 0 aliphatic carbocycles. The van der Waals surface area contributed by atoms with E-state index in [2.05, 4.69) is 6.58 Å². The highest BCUT2D eigenvalue weighted by Gasteiger charge is 2.62. The normalized spacial score (nSPS) is 25.8. The van der Waals surface area contributed by atoms with Gasteiger partial charge in [0.25, 0.3) is 0 Å². The minimum atomic E-state index is -3.40. The van der Waals surface area contributed by atoms with Crippen LogP contribution in [0, 0.1) is 11.8 Å². The molecule has 2 aliphatic rings. The molecule has 0 unspecified atom stereocenters. The number of hydrogen-bond donors (Lipinski definition) is 0. The topological polar surface area (TPSA) is 91.8 Å². The summed E-state index contributed by atoms with van der Waals surface area (Å²) in [4.78, 5) is 42.6. The molecule has 2 aromatic rings. The SMILES string of the molecule is C=C[C@H]1[C@@H]2C(=O)N(c3ccccc3)C(=O)[C@@H]2[C@@H](C(C)=O)N1Cc1cccc(S(C)(=O)=O)c1. The molecule has 0 N–H and O–H groups in total. The van der Waals surface area contributed by atoms with Crippen LogP contribution in [0.3, 0.4) is 0 Å². The van der Waals surface area contributed by atoms with Crippen molar-refractivity contribution in [3.63, 3.8) is 0 Å². The fraction of sp³-hybridized carbons (Fsp3) is 0.292. The molecule has 2 saturated heterocycles. The van der Waals surface area contributed by atoms with E-state index < -0.39 is 39.7 Å². The molecule has 166 valence electrons. The number of carbonyl (C=O) groups is 3. The highest BCUT2D eigenvalue weighted by Crippen LogP contribution is 2.45. The lowest BCUT2D eigenvalue weighted by molar-refractivity contribution is -0.129. The van der Waals surface area contributed by atoms with Gasteiger partial charge in [-0.1, -0.05) is 36.4 Å². The Kier molecular flexibility index (Phi) is 5.60. The molecule has 2 aromatic carbocycles. The van der Waals surface area contributed by atoms with Crippen LogP contribution in [0.15, 0.2) is 72.1 Å². The maximum Gasteiger partial charge on any atom is 0.239 e. The first kappa shape index (κ1) is 22.1. The number of likely N-dealkylation sites (tertiary alicyclic amines) is 1. The molecule has 4 rings (SSSR count). The fourth-order valence-corrected chi connectivity index (χ4v) is 5.58. The molecule has 2 heterocycles. The lowest BCUT2D eigenvalue weighted by Crippen LogP contribution is -2.46. The van der Waals surface area contributed by atoms with Crippen LogP contribution >= 0.6 is 0 Å². The first-order chi connectivity index (χ1) is 15.1. The smallest absolute Gasteiger partial charge is 0.239 e. The fourth-order valence-electron chi connectivity index (χ4n) is 4.89. The van der Waals surface area contributed by atoms with E-state index in [1.165, 1.54) is 17.9 Å². The number of carbonyl (C=O) groups excluding carboxylic acids is 3. The largest absolute Gasteiger partial charge is 0.298 e. The van der Waals surface area contributed by atoms with Crippen LogP contribution < -0.4 is 4.90 Å². The molecule has 0 bridgehead atoms. The molecule has 2 fully saturated rings. The van der Waals surface area contributed by atoms with Gasteiger partial charge in [-0.15, -0.1) is 6.58 Å². The summed E-state index contributed by atoms with van der Waals surface area (Å²) in [6.45, 7) is 5.50. The van der Waals surface area contributed by atoms with E-state index in [4.69, 9.17) is 0 Å². The lowest BCUT2D eigenvalue weighted by Gasteiger charge is -2.31. The van der Waals surface area contributed by atoms with Gasteiger partial charge in [0.15, 0.2) is 9.84 Å². The van der Waals surface area contributed by atoms with Crippen LogP contribution in [0.4, 0.5) is 5.69 Å². The molecule has 32 heavy (non-hydrogen) atoms. The minimum Gasteiger partial charge on any atom is -0.298 e. The van der Waals surface area contributed by atoms with Crippen molar-refractivity contribution in [2.45, 2.75) is 30.4 Å². The van der Waals surface area contributed by atoms with Crippen molar-refractivity contribution in [2.24, 2.45) is 11.8 Å². The number of ketones is 1. The van der Waals surface area contributed by atoms with Gasteiger partial charge in [0.1, 0.15) is 5.78 Å². The Bertz CT molecular complexity index is 1210. The van der Waals surface area contributed by atoms with Gasteiger partial charge in [0.05, 0.1) is 28.5 Å². The monoisotopic (exact) mass is 452 g/mol. The predicted molar refractivity (Wildman–Crippen MR) is 119 cm³/mol. The maximum absolute atomic E-state index is 13.4. The number of para-hydroxylation sites is 1. The van der Waals surface area contributed by atoms with Gasteiger partial charge in [0, 0.05) is 18.8 Å². The Morgan fingerprint density at radius 1 is 1.03 bits per heavy atom. The summed E-state index contributed by atoms with van der Waals surface area (Å²) < 4.78 is 23.9. The van der Waals surface area contributed by atoms with Gasteiger partial charge in [-0.2, -0.15) is 0 Å². The molecular weight excluding hydrogens is 428 g/mol. The predicted octanol–water partition coefficient (Wildman–Crippen LogP) is 2.22. The number of benzene rings is 2. The van der Waals surface area contributed by atoms with Crippen molar-refractivity contribution in [1.82, 2.24) is 4.90 Å². The number of Topliss-reactive ketones (excluding diaryl/α,β-unsaturated/α-hetero) is 1. The van der Waals surface area contributed by atoms with E-state index in [9.17, 15) is 22.8 Å². The highest BCUT2D eigenvalue weighted by atomic mass is 32.2. The average Bonchev–Trinajstić information content (AvgIpc) is 3.20. The number of nitrogens with zero attached hydrogens (tertiary/aromatic N) is 2. The van der Waals surface area contributed by atoms with Crippen LogP contribution in [0.1, 0.15) is 12.5 Å². The highest BCUT2D eigenvalue weighted by molar-refractivity contribution is 7.90. The van der Waals surface area contributed by atoms with Crippen molar-refractivity contribution in [1.29, 1.82) is 0 Å². The zero-order chi connectivity index (χ0) is 23.2. The number of sulfone groups is 1. The summed E-state index contributed by atoms with van der Waals surface area (Å²) in [6.07, 6.45) is 2.73. The van der Waals surface area contributed by atoms with Crippen molar-refractivity contribution in [3.8, 4) is 0 Å². The second kappa shape index (κ2) is 8.11. The van der Waals surface area contributed by atoms with Crippen LogP contribution in [0.5, 0.6) is 0 Å². The molecule has 0 saturated carbocycles. The Morgan fingerprint density at radius 2 is 1.69 bits per heavy atom. The van der Waals surface area contributed by atoms with Crippen molar-refractivity contribution < 1.29 is 22.8 Å². The molecule has 7 nitrogen and oxygen atoms in total. The molecule has 0 radical (unpaired) electrons. The first-order valence-corrected chi connectivity index (χ1v) is 12.1. The number of imide groups is 1. The van der Waals surface area contributed by atoms with Crippen LogP contribution in [0.2, 0.25) is 0 Å². The number of anilines is 1. The Hall–Kier alpha value is -3.10. The summed E-state index contributed by atoms with van der Waals surface area (Å²) in [5, 5.41) is 0. The van der Waals surface area contributed by atoms with Gasteiger partial charge in [0.2, 0.25) is 11.8 Å². The standard InChI is InChI=1S/C24H24N2O5S/c1-4-19-20-21(24(29)26(23(20)28)17-10-6-5-7-11-17)22(15(2)27)25(19)14-16-9-8-12-18(13-16)32(3,30)31/h4-13,19-22H,1,14H2,2-3H3/t19-,20-,21-,22+/m0/s1. The summed E-state index contributed by atoms with van der Waals surface area (Å²) in [6, 6.07) is 13.8. The summed E-state index contributed by atoms with van der Waals surface area (Å²) in [5.74, 6) is -2.52. The van der Waals surface area contributed by atoms with Crippen LogP contribution in [-0.4, -0.2) is 49.3 Å². The molecule has 0 aromatic heterocycles. The molecule has 4 atom stereocenters. The summed E-state index contributed by atoms with van der Waals surface area (Å²) >= 11 is 0. The number of hydrogen-bond acceptors (Lipinski definition) is 6. The number of rotatable bonds is 6. The van der Waals surface area contributed by atoms with Gasteiger partial charge in [-0.25, -0.2) is 13.3 Å². The van der Waals surface area contributed by atoms with Crippen molar-refractivity contribution in [3.05, 3.63) is 72.8 Å². The molecule has 8 heteroatoms. The van der Waals surface area contributed by atoms with Crippen LogP contribution in [0.25, 0.3) is 0 Å². The third-order valence-corrected chi connectivity index (χ3v) is 7.32. The maximum atomic E-state index is 13.4. The zero-order valence-electron chi connectivity index (χ0n) is 17.8. The second-order valence-electron chi connectivity index (χ2n) is 8.27. The van der Waals surface area contributed by atoms with Gasteiger partial charge < -0.3 is 0 Å². The van der Waals surface area contributed by atoms with E-state index in [0.717, 1.165) is 6.26 Å². The molecular formula is C24H24N2O5S. The summed E-state index contributed by atoms with van der Waals surface area (Å²) in [5.41, 5.74) is 1.15. The molecule has 2 amide bonds. The Balaban J connectivity index is 1.73. The molecule has 2 aliphatic heterocycles. The van der Waals surface area contributed by atoms with E-state index in [-0.39, 0.29) is 23.1 Å². The third-order valence-electron chi connectivity index (χ3n) is 6.21. The summed E-state index contributed by atoms with van der Waals surface area (Å²) in [7, 11) is -3.40. The number of amides is 2. The second-order valence-corrected chi connectivity index (χ2v) is 10.3. The first-order valence-electron chi connectivity index (χ1n) is 10.3. The number of fused-ring (bicyclic) bond motifs is 1. The van der Waals surface area contributed by atoms with Gasteiger partial charge in [-0.3, -0.25) is 19.3 Å². The van der Waals surface area contributed by atoms with Crippen molar-refractivity contribution in [2.75, 3.05) is 11.2 Å². The Labute approximate surface area is 187 Å². The van der Waals surface area contributed by atoms with E-state index in [1.54, 1.807) is 59.5 Å². The van der Waals surface area contributed by atoms with E-state index in [1.807, 2.05) is 0 Å². The Morgan fingerprint density at radius 3 is 2.28 bits per heavy atom. The quantitative estimate of drug-likeness (QED) is 0.493. The van der Waals surface area contributed by atoms with E-state index >= 15 is 0 Å². The van der Waals surface area contributed by atoms with Crippen LogP contribution in [-0.2, 0) is 30.8 Å². The third kappa shape index (κ3) is 3.59.